The van der Waals surface area contributed by atoms with Crippen molar-refractivity contribution in [3.05, 3.63) is 64.3 Å². The molecule has 9 nitrogen and oxygen atoms in total. The van der Waals surface area contributed by atoms with E-state index in [2.05, 4.69) is 32.7 Å². The number of fused-ring (bicyclic) bond motifs is 1. The molecule has 4 rings (SSSR count). The molecule has 3 aromatic rings. The number of rotatable bonds is 9. The van der Waals surface area contributed by atoms with Gasteiger partial charge >= 0.3 is 0 Å². The van der Waals surface area contributed by atoms with Crippen molar-refractivity contribution < 1.29 is 14.3 Å². The highest BCUT2D eigenvalue weighted by Gasteiger charge is 2.26. The predicted octanol–water partition coefficient (Wildman–Crippen LogP) is 3.38. The fraction of sp³-hybridized carbons (Fsp3) is 0.348. The van der Waals surface area contributed by atoms with Crippen LogP contribution in [0.2, 0.25) is 0 Å². The van der Waals surface area contributed by atoms with Crippen molar-refractivity contribution in [2.24, 2.45) is 0 Å². The summed E-state index contributed by atoms with van der Waals surface area (Å²) in [5.74, 6) is 0.653. The zero-order valence-electron chi connectivity index (χ0n) is 18.5. The molecule has 2 N–H and O–H groups in total. The molecule has 0 spiro atoms. The highest BCUT2D eigenvalue weighted by molar-refractivity contribution is 7.17. The van der Waals surface area contributed by atoms with Crippen LogP contribution >= 0.6 is 11.3 Å². The van der Waals surface area contributed by atoms with Crippen LogP contribution in [0.3, 0.4) is 0 Å². The van der Waals surface area contributed by atoms with E-state index in [0.29, 0.717) is 40.8 Å². The van der Waals surface area contributed by atoms with Gasteiger partial charge < -0.3 is 15.4 Å². The molecule has 2 amide bonds. The van der Waals surface area contributed by atoms with Crippen molar-refractivity contribution in [2.45, 2.75) is 45.8 Å². The smallest absolute Gasteiger partial charge is 0.256 e. The highest BCUT2D eigenvalue weighted by Crippen LogP contribution is 2.38. The molecule has 2 aromatic heterocycles. The Bertz CT molecular complexity index is 1170. The van der Waals surface area contributed by atoms with E-state index in [1.807, 2.05) is 6.92 Å². The zero-order chi connectivity index (χ0) is 23.2. The number of tetrazole rings is 1. The van der Waals surface area contributed by atoms with E-state index in [0.717, 1.165) is 31.2 Å². The lowest BCUT2D eigenvalue weighted by Gasteiger charge is -2.13. The fourth-order valence-corrected chi connectivity index (χ4v) is 5.05. The lowest BCUT2D eigenvalue weighted by atomic mass is 9.95. The Morgan fingerprint density at radius 1 is 1.27 bits per heavy atom. The van der Waals surface area contributed by atoms with Crippen LogP contribution in [0.25, 0.3) is 0 Å². The Kier molecular flexibility index (Phi) is 7.13. The largest absolute Gasteiger partial charge is 0.486 e. The van der Waals surface area contributed by atoms with E-state index < -0.39 is 0 Å². The van der Waals surface area contributed by atoms with Gasteiger partial charge in [0.05, 0.1) is 5.56 Å². The van der Waals surface area contributed by atoms with Crippen LogP contribution in [0.1, 0.15) is 56.7 Å². The van der Waals surface area contributed by atoms with Gasteiger partial charge in [-0.1, -0.05) is 12.1 Å². The second kappa shape index (κ2) is 10.4. The number of thiophene rings is 1. The molecule has 10 heteroatoms. The number of carbonyl (C=O) groups excluding carboxylic acids is 2. The molecule has 0 atom stereocenters. The Morgan fingerprint density at radius 3 is 2.94 bits per heavy atom. The third-order valence-corrected chi connectivity index (χ3v) is 6.61. The number of ether oxygens (including phenoxy) is 1. The van der Waals surface area contributed by atoms with Crippen LogP contribution in [0.15, 0.2) is 36.9 Å². The fourth-order valence-electron chi connectivity index (χ4n) is 3.77. The SMILES string of the molecule is C=CCNC(=O)c1c(NC(=O)c2cccc(OCc3nnnn3CC)c2)sc2c1CCCC2. The highest BCUT2D eigenvalue weighted by atomic mass is 32.1. The molecule has 0 saturated carbocycles. The monoisotopic (exact) mass is 466 g/mol. The molecular formula is C23H26N6O3S. The van der Waals surface area contributed by atoms with Gasteiger partial charge in [0.25, 0.3) is 11.8 Å². The van der Waals surface area contributed by atoms with Gasteiger partial charge in [-0.25, -0.2) is 4.68 Å². The summed E-state index contributed by atoms with van der Waals surface area (Å²) in [6, 6.07) is 6.91. The van der Waals surface area contributed by atoms with E-state index >= 15 is 0 Å². The number of amides is 2. The summed E-state index contributed by atoms with van der Waals surface area (Å²) >= 11 is 1.49. The van der Waals surface area contributed by atoms with Crippen LogP contribution in [0.5, 0.6) is 5.75 Å². The van der Waals surface area contributed by atoms with Gasteiger partial charge in [-0.3, -0.25) is 9.59 Å². The number of nitrogens with one attached hydrogen (secondary N) is 2. The maximum atomic E-state index is 13.1. The summed E-state index contributed by atoms with van der Waals surface area (Å²) in [7, 11) is 0. The van der Waals surface area contributed by atoms with Crippen molar-refractivity contribution >= 4 is 28.2 Å². The molecule has 0 radical (unpaired) electrons. The number of aryl methyl sites for hydroxylation is 2. The molecule has 2 heterocycles. The molecule has 0 aliphatic heterocycles. The number of nitrogens with zero attached hydrogens (tertiary/aromatic N) is 4. The van der Waals surface area contributed by atoms with Gasteiger partial charge in [-0.2, -0.15) is 0 Å². The van der Waals surface area contributed by atoms with Crippen LogP contribution < -0.4 is 15.4 Å². The molecule has 0 unspecified atom stereocenters. The molecule has 172 valence electrons. The maximum Gasteiger partial charge on any atom is 0.256 e. The standard InChI is InChI=1S/C23H26N6O3S/c1-3-12-24-22(31)20-17-10-5-6-11-18(17)33-23(20)25-21(30)15-8-7-9-16(13-15)32-14-19-26-27-28-29(19)4-2/h3,7-9,13H,1,4-6,10-12,14H2,2H3,(H,24,31)(H,25,30). The Labute approximate surface area is 195 Å². The van der Waals surface area contributed by atoms with Gasteiger partial charge in [0.1, 0.15) is 17.4 Å². The lowest BCUT2D eigenvalue weighted by molar-refractivity contribution is 0.0958. The first-order chi connectivity index (χ1) is 16.1. The first-order valence-corrected chi connectivity index (χ1v) is 11.7. The maximum absolute atomic E-state index is 13.1. The minimum atomic E-state index is -0.296. The summed E-state index contributed by atoms with van der Waals surface area (Å²) < 4.78 is 7.44. The van der Waals surface area contributed by atoms with E-state index in [1.165, 1.54) is 16.2 Å². The normalized spacial score (nSPS) is 12.6. The van der Waals surface area contributed by atoms with Gasteiger partial charge in [-0.15, -0.1) is 23.0 Å². The van der Waals surface area contributed by atoms with Gasteiger partial charge in [-0.05, 0) is 66.8 Å². The van der Waals surface area contributed by atoms with E-state index in [-0.39, 0.29) is 18.4 Å². The van der Waals surface area contributed by atoms with Crippen molar-refractivity contribution in [1.29, 1.82) is 0 Å². The minimum absolute atomic E-state index is 0.185. The number of carbonyl (C=O) groups is 2. The topological polar surface area (TPSA) is 111 Å². The average molecular weight is 467 g/mol. The summed E-state index contributed by atoms with van der Waals surface area (Å²) in [6.45, 7) is 6.80. The quantitative estimate of drug-likeness (QED) is 0.468. The number of benzene rings is 1. The van der Waals surface area contributed by atoms with E-state index in [1.54, 1.807) is 35.0 Å². The molecule has 0 fully saturated rings. The van der Waals surface area contributed by atoms with Crippen molar-refractivity contribution in [3.63, 3.8) is 0 Å². The minimum Gasteiger partial charge on any atom is -0.486 e. The van der Waals surface area contributed by atoms with Crippen molar-refractivity contribution in [1.82, 2.24) is 25.5 Å². The Morgan fingerprint density at radius 2 is 2.12 bits per heavy atom. The predicted molar refractivity (Wildman–Crippen MR) is 126 cm³/mol. The van der Waals surface area contributed by atoms with E-state index in [4.69, 9.17) is 4.74 Å². The van der Waals surface area contributed by atoms with Crippen LogP contribution in [-0.4, -0.2) is 38.6 Å². The Balaban J connectivity index is 1.51. The third-order valence-electron chi connectivity index (χ3n) is 5.40. The molecule has 1 aliphatic carbocycles. The molecule has 1 aromatic carbocycles. The summed E-state index contributed by atoms with van der Waals surface area (Å²) in [5.41, 5.74) is 2.06. The van der Waals surface area contributed by atoms with Crippen molar-refractivity contribution in [2.75, 3.05) is 11.9 Å². The van der Waals surface area contributed by atoms with Crippen LogP contribution in [0.4, 0.5) is 5.00 Å². The average Bonchev–Trinajstić information content (AvgIpc) is 3.45. The zero-order valence-corrected chi connectivity index (χ0v) is 19.3. The first-order valence-electron chi connectivity index (χ1n) is 10.9. The molecule has 33 heavy (non-hydrogen) atoms. The number of anilines is 1. The number of hydrogen-bond donors (Lipinski definition) is 2. The third kappa shape index (κ3) is 5.11. The summed E-state index contributed by atoms with van der Waals surface area (Å²) in [5, 5.41) is 17.9. The van der Waals surface area contributed by atoms with Gasteiger partial charge in [0.2, 0.25) is 0 Å². The van der Waals surface area contributed by atoms with Gasteiger partial charge in [0, 0.05) is 23.5 Å². The van der Waals surface area contributed by atoms with Crippen LogP contribution in [-0.2, 0) is 26.0 Å². The Hall–Kier alpha value is -3.53. The molecule has 0 bridgehead atoms. The van der Waals surface area contributed by atoms with Gasteiger partial charge in [0.15, 0.2) is 5.82 Å². The van der Waals surface area contributed by atoms with E-state index in [9.17, 15) is 9.59 Å². The summed E-state index contributed by atoms with van der Waals surface area (Å²) in [4.78, 5) is 27.1. The molecule has 1 aliphatic rings. The summed E-state index contributed by atoms with van der Waals surface area (Å²) in [6.07, 6.45) is 5.55. The number of aromatic nitrogens is 4. The molecule has 0 saturated heterocycles. The molecular weight excluding hydrogens is 440 g/mol. The first kappa shape index (κ1) is 22.7. The lowest BCUT2D eigenvalue weighted by Crippen LogP contribution is -2.26. The van der Waals surface area contributed by atoms with Crippen molar-refractivity contribution in [3.8, 4) is 5.75 Å². The second-order valence-electron chi connectivity index (χ2n) is 7.60. The second-order valence-corrected chi connectivity index (χ2v) is 8.70. The van der Waals surface area contributed by atoms with Crippen LogP contribution in [0, 0.1) is 0 Å². The number of hydrogen-bond acceptors (Lipinski definition) is 7.